The number of anilines is 2. The van der Waals surface area contributed by atoms with Gasteiger partial charge in [0.25, 0.3) is 0 Å². The molecule has 110 valence electrons. The van der Waals surface area contributed by atoms with Crippen molar-refractivity contribution in [3.63, 3.8) is 0 Å². The van der Waals surface area contributed by atoms with Gasteiger partial charge in [-0.1, -0.05) is 0 Å². The van der Waals surface area contributed by atoms with Gasteiger partial charge in [-0.05, 0) is 24.3 Å². The van der Waals surface area contributed by atoms with Gasteiger partial charge in [0.15, 0.2) is 5.13 Å². The van der Waals surface area contributed by atoms with Crippen LogP contribution in [-0.2, 0) is 0 Å². The van der Waals surface area contributed by atoms with E-state index in [2.05, 4.69) is 15.2 Å². The van der Waals surface area contributed by atoms with Crippen molar-refractivity contribution in [3.05, 3.63) is 41.7 Å². The lowest BCUT2D eigenvalue weighted by molar-refractivity contribution is 0.208. The molecule has 3 rings (SSSR count). The minimum atomic E-state index is -0.315. The highest BCUT2D eigenvalue weighted by Crippen LogP contribution is 2.19. The maximum absolute atomic E-state index is 12.8. The Labute approximate surface area is 126 Å². The molecule has 1 aliphatic heterocycles. The predicted octanol–water partition coefficient (Wildman–Crippen LogP) is 2.64. The number of benzene rings is 1. The molecule has 1 saturated heterocycles. The summed E-state index contributed by atoms with van der Waals surface area (Å²) in [5.41, 5.74) is 0.601. The van der Waals surface area contributed by atoms with E-state index >= 15 is 0 Å². The first-order valence-electron chi connectivity index (χ1n) is 6.68. The van der Waals surface area contributed by atoms with Gasteiger partial charge < -0.3 is 15.1 Å². The molecule has 0 spiro atoms. The zero-order valence-electron chi connectivity index (χ0n) is 11.3. The monoisotopic (exact) mass is 306 g/mol. The van der Waals surface area contributed by atoms with Crippen LogP contribution in [0.25, 0.3) is 0 Å². The van der Waals surface area contributed by atoms with Gasteiger partial charge in [-0.15, -0.1) is 11.3 Å². The summed E-state index contributed by atoms with van der Waals surface area (Å²) in [4.78, 5) is 20.3. The Morgan fingerprint density at radius 3 is 2.52 bits per heavy atom. The summed E-state index contributed by atoms with van der Waals surface area (Å²) in [6, 6.07) is 5.62. The van der Waals surface area contributed by atoms with Crippen molar-refractivity contribution in [1.82, 2.24) is 9.88 Å². The molecule has 2 heterocycles. The van der Waals surface area contributed by atoms with Gasteiger partial charge in [-0.2, -0.15) is 0 Å². The normalized spacial score (nSPS) is 15.1. The molecule has 0 atom stereocenters. The van der Waals surface area contributed by atoms with E-state index in [1.54, 1.807) is 34.6 Å². The van der Waals surface area contributed by atoms with E-state index in [-0.39, 0.29) is 11.8 Å². The number of thiazole rings is 1. The molecular weight excluding hydrogens is 291 g/mol. The molecule has 5 nitrogen and oxygen atoms in total. The fourth-order valence-electron chi connectivity index (χ4n) is 2.21. The van der Waals surface area contributed by atoms with Crippen molar-refractivity contribution in [2.75, 3.05) is 36.4 Å². The van der Waals surface area contributed by atoms with Crippen molar-refractivity contribution < 1.29 is 9.18 Å². The maximum atomic E-state index is 12.8. The zero-order valence-corrected chi connectivity index (χ0v) is 12.1. The Morgan fingerprint density at radius 2 is 1.90 bits per heavy atom. The van der Waals surface area contributed by atoms with E-state index in [0.717, 1.165) is 18.2 Å². The molecule has 1 aromatic carbocycles. The van der Waals surface area contributed by atoms with Gasteiger partial charge >= 0.3 is 6.03 Å². The zero-order chi connectivity index (χ0) is 14.7. The number of carbonyl (C=O) groups excluding carboxylic acids is 1. The van der Waals surface area contributed by atoms with Gasteiger partial charge in [0.2, 0.25) is 0 Å². The van der Waals surface area contributed by atoms with Gasteiger partial charge in [0, 0.05) is 43.4 Å². The highest BCUT2D eigenvalue weighted by Gasteiger charge is 2.22. The van der Waals surface area contributed by atoms with Crippen molar-refractivity contribution in [3.8, 4) is 0 Å². The highest BCUT2D eigenvalue weighted by molar-refractivity contribution is 7.13. The van der Waals surface area contributed by atoms with Crippen molar-refractivity contribution in [1.29, 1.82) is 0 Å². The van der Waals surface area contributed by atoms with Crippen LogP contribution >= 0.6 is 11.3 Å². The summed E-state index contributed by atoms with van der Waals surface area (Å²) in [5, 5.41) is 5.72. The van der Waals surface area contributed by atoms with Gasteiger partial charge in [-0.25, -0.2) is 14.2 Å². The van der Waals surface area contributed by atoms with Crippen LogP contribution in [0.5, 0.6) is 0 Å². The van der Waals surface area contributed by atoms with E-state index in [1.165, 1.54) is 12.1 Å². The number of nitrogens with one attached hydrogen (secondary N) is 1. The number of urea groups is 1. The Balaban J connectivity index is 1.54. The lowest BCUT2D eigenvalue weighted by Crippen LogP contribution is -2.50. The van der Waals surface area contributed by atoms with Crippen molar-refractivity contribution >= 4 is 28.2 Å². The average Bonchev–Trinajstić information content (AvgIpc) is 3.04. The molecule has 0 aliphatic carbocycles. The number of aromatic nitrogens is 1. The number of amides is 2. The van der Waals surface area contributed by atoms with Crippen LogP contribution in [-0.4, -0.2) is 42.1 Å². The first-order chi connectivity index (χ1) is 10.2. The molecule has 7 heteroatoms. The lowest BCUT2D eigenvalue weighted by Gasteiger charge is -2.34. The fourth-order valence-corrected chi connectivity index (χ4v) is 2.91. The maximum Gasteiger partial charge on any atom is 0.321 e. The predicted molar refractivity (Wildman–Crippen MR) is 81.3 cm³/mol. The molecule has 21 heavy (non-hydrogen) atoms. The number of nitrogens with zero attached hydrogens (tertiary/aromatic N) is 3. The van der Waals surface area contributed by atoms with Crippen LogP contribution in [0.4, 0.5) is 20.0 Å². The summed E-state index contributed by atoms with van der Waals surface area (Å²) in [6.07, 6.45) is 1.79. The van der Waals surface area contributed by atoms with Crippen LogP contribution in [0.3, 0.4) is 0 Å². The quantitative estimate of drug-likeness (QED) is 0.928. The molecule has 0 saturated carbocycles. The second kappa shape index (κ2) is 6.09. The molecule has 1 N–H and O–H groups in total. The molecular formula is C14H15FN4OS. The second-order valence-corrected chi connectivity index (χ2v) is 5.60. The summed E-state index contributed by atoms with van der Waals surface area (Å²) in [7, 11) is 0. The molecule has 2 amide bonds. The molecule has 1 aliphatic rings. The van der Waals surface area contributed by atoms with Gasteiger partial charge in [0.1, 0.15) is 5.82 Å². The Morgan fingerprint density at radius 1 is 1.19 bits per heavy atom. The first kappa shape index (κ1) is 13.8. The molecule has 2 aromatic rings. The number of carbonyl (C=O) groups is 1. The van der Waals surface area contributed by atoms with E-state index in [4.69, 9.17) is 0 Å². The van der Waals surface area contributed by atoms with Crippen LogP contribution in [0, 0.1) is 5.82 Å². The van der Waals surface area contributed by atoms with Gasteiger partial charge in [0.05, 0.1) is 0 Å². The molecule has 1 fully saturated rings. The third kappa shape index (κ3) is 3.30. The third-order valence-electron chi connectivity index (χ3n) is 3.35. The Bertz CT molecular complexity index is 594. The molecule has 0 radical (unpaired) electrons. The smallest absolute Gasteiger partial charge is 0.321 e. The number of hydrogen-bond acceptors (Lipinski definition) is 4. The minimum Gasteiger partial charge on any atom is -0.345 e. The second-order valence-electron chi connectivity index (χ2n) is 4.73. The van der Waals surface area contributed by atoms with Crippen LogP contribution in [0.2, 0.25) is 0 Å². The average molecular weight is 306 g/mol. The van der Waals surface area contributed by atoms with Crippen molar-refractivity contribution in [2.45, 2.75) is 0 Å². The van der Waals surface area contributed by atoms with E-state index < -0.39 is 0 Å². The minimum absolute atomic E-state index is 0.152. The Hall–Kier alpha value is -2.15. The summed E-state index contributed by atoms with van der Waals surface area (Å²) in [5.74, 6) is -0.315. The SMILES string of the molecule is O=C(Nc1ccc(F)cc1)N1CCN(c2nccs2)CC1. The highest BCUT2D eigenvalue weighted by atomic mass is 32.1. The largest absolute Gasteiger partial charge is 0.345 e. The number of halogens is 1. The number of piperazine rings is 1. The van der Waals surface area contributed by atoms with Crippen LogP contribution < -0.4 is 10.2 Å². The standard InChI is InChI=1S/C14H15FN4OS/c15-11-1-3-12(4-2-11)17-13(20)18-6-8-19(9-7-18)14-16-5-10-21-14/h1-5,10H,6-9H2,(H,17,20). The molecule has 0 bridgehead atoms. The topological polar surface area (TPSA) is 48.5 Å². The molecule has 0 unspecified atom stereocenters. The van der Waals surface area contributed by atoms with E-state index in [1.807, 2.05) is 5.38 Å². The van der Waals surface area contributed by atoms with Crippen molar-refractivity contribution in [2.24, 2.45) is 0 Å². The van der Waals surface area contributed by atoms with E-state index in [9.17, 15) is 9.18 Å². The Kier molecular flexibility index (Phi) is 4.01. The summed E-state index contributed by atoms with van der Waals surface area (Å²) < 4.78 is 12.8. The summed E-state index contributed by atoms with van der Waals surface area (Å²) in [6.45, 7) is 2.83. The first-order valence-corrected chi connectivity index (χ1v) is 7.56. The molecule has 1 aromatic heterocycles. The number of hydrogen-bond donors (Lipinski definition) is 1. The van der Waals surface area contributed by atoms with E-state index in [0.29, 0.717) is 18.8 Å². The van der Waals surface area contributed by atoms with Gasteiger partial charge in [-0.3, -0.25) is 0 Å². The number of rotatable bonds is 2. The summed E-state index contributed by atoms with van der Waals surface area (Å²) >= 11 is 1.60. The van der Waals surface area contributed by atoms with Crippen LogP contribution in [0.1, 0.15) is 0 Å². The van der Waals surface area contributed by atoms with Crippen LogP contribution in [0.15, 0.2) is 35.8 Å². The lowest BCUT2D eigenvalue weighted by atomic mass is 10.3. The third-order valence-corrected chi connectivity index (χ3v) is 4.18. The fraction of sp³-hybridized carbons (Fsp3) is 0.286.